The molecule has 34 heavy (non-hydrogen) atoms. The van der Waals surface area contributed by atoms with Crippen molar-refractivity contribution in [3.8, 4) is 28.7 Å². The van der Waals surface area contributed by atoms with Gasteiger partial charge in [0.15, 0.2) is 5.76 Å². The Labute approximate surface area is 198 Å². The number of hydrogen-bond donors (Lipinski definition) is 1. The lowest BCUT2D eigenvalue weighted by Gasteiger charge is -2.26. The second kappa shape index (κ2) is 10.5. The largest absolute Gasteiger partial charge is 0.492 e. The molecule has 0 spiro atoms. The molecular weight excluding hydrogens is 430 g/mol. The molecule has 0 bridgehead atoms. The van der Waals surface area contributed by atoms with E-state index in [2.05, 4.69) is 25.2 Å². The molecule has 1 aromatic carbocycles. The number of morpholine rings is 1. The lowest BCUT2D eigenvalue weighted by atomic mass is 10.2. The van der Waals surface area contributed by atoms with E-state index in [1.165, 1.54) is 0 Å². The molecule has 8 nitrogen and oxygen atoms in total. The highest BCUT2D eigenvalue weighted by molar-refractivity contribution is 5.62. The second-order valence-corrected chi connectivity index (χ2v) is 8.11. The zero-order valence-corrected chi connectivity index (χ0v) is 19.1. The Morgan fingerprint density at radius 3 is 2.76 bits per heavy atom. The van der Waals surface area contributed by atoms with E-state index in [4.69, 9.17) is 13.9 Å². The molecule has 5 rings (SSSR count). The minimum Gasteiger partial charge on any atom is -0.492 e. The number of pyridine rings is 2. The number of rotatable bonds is 8. The fourth-order valence-corrected chi connectivity index (χ4v) is 3.74. The topological polar surface area (TPSA) is 85.5 Å². The molecule has 0 radical (unpaired) electrons. The van der Waals surface area contributed by atoms with Crippen molar-refractivity contribution in [2.45, 2.75) is 6.92 Å². The third kappa shape index (κ3) is 5.59. The lowest BCUT2D eigenvalue weighted by molar-refractivity contribution is 0.0322. The minimum absolute atomic E-state index is 0.522. The number of aryl methyl sites for hydroxylation is 1. The predicted octanol–water partition coefficient (Wildman–Crippen LogP) is 4.56. The summed E-state index contributed by atoms with van der Waals surface area (Å²) in [7, 11) is 0. The third-order valence-electron chi connectivity index (χ3n) is 5.54. The van der Waals surface area contributed by atoms with Crippen LogP contribution in [0.2, 0.25) is 0 Å². The van der Waals surface area contributed by atoms with Crippen molar-refractivity contribution in [1.82, 2.24) is 19.9 Å². The summed E-state index contributed by atoms with van der Waals surface area (Å²) < 4.78 is 17.4. The van der Waals surface area contributed by atoms with E-state index in [1.54, 1.807) is 12.4 Å². The molecule has 0 saturated carbocycles. The lowest BCUT2D eigenvalue weighted by Crippen LogP contribution is -2.38. The fourth-order valence-electron chi connectivity index (χ4n) is 3.74. The summed E-state index contributed by atoms with van der Waals surface area (Å²) in [6.07, 6.45) is 3.46. The number of aromatic nitrogens is 3. The molecule has 174 valence electrons. The summed E-state index contributed by atoms with van der Waals surface area (Å²) in [4.78, 5) is 15.8. The van der Waals surface area contributed by atoms with E-state index < -0.39 is 0 Å². The van der Waals surface area contributed by atoms with Crippen LogP contribution in [0.4, 0.5) is 11.6 Å². The molecule has 0 amide bonds. The predicted molar refractivity (Wildman–Crippen MR) is 130 cm³/mol. The summed E-state index contributed by atoms with van der Waals surface area (Å²) in [5.74, 6) is 3.33. The Balaban J connectivity index is 1.25. The monoisotopic (exact) mass is 457 g/mol. The van der Waals surface area contributed by atoms with Crippen LogP contribution in [0.5, 0.6) is 5.75 Å². The van der Waals surface area contributed by atoms with Crippen molar-refractivity contribution in [1.29, 1.82) is 0 Å². The highest BCUT2D eigenvalue weighted by atomic mass is 16.5. The van der Waals surface area contributed by atoms with Gasteiger partial charge in [-0.25, -0.2) is 15.0 Å². The molecule has 1 fully saturated rings. The van der Waals surface area contributed by atoms with E-state index in [0.717, 1.165) is 55.5 Å². The first-order chi connectivity index (χ1) is 16.7. The van der Waals surface area contributed by atoms with Gasteiger partial charge in [-0.1, -0.05) is 12.1 Å². The van der Waals surface area contributed by atoms with E-state index in [1.807, 2.05) is 61.5 Å². The number of ether oxygens (including phenoxy) is 2. The first-order valence-electron chi connectivity index (χ1n) is 11.4. The van der Waals surface area contributed by atoms with Crippen molar-refractivity contribution in [3.05, 3.63) is 72.6 Å². The summed E-state index contributed by atoms with van der Waals surface area (Å²) in [5.41, 5.74) is 2.67. The highest BCUT2D eigenvalue weighted by Crippen LogP contribution is 2.28. The van der Waals surface area contributed by atoms with Crippen LogP contribution in [0, 0.1) is 6.92 Å². The summed E-state index contributed by atoms with van der Waals surface area (Å²) in [6.45, 7) is 7.02. The zero-order valence-electron chi connectivity index (χ0n) is 19.1. The van der Waals surface area contributed by atoms with Gasteiger partial charge in [-0.2, -0.15) is 0 Å². The Bertz CT molecular complexity index is 1240. The van der Waals surface area contributed by atoms with Crippen LogP contribution in [0.25, 0.3) is 22.9 Å². The molecule has 1 N–H and O–H groups in total. The number of benzene rings is 1. The molecule has 3 aromatic heterocycles. The van der Waals surface area contributed by atoms with Crippen LogP contribution >= 0.6 is 0 Å². The maximum atomic E-state index is 6.04. The fraction of sp³-hybridized carbons (Fsp3) is 0.269. The van der Waals surface area contributed by atoms with Gasteiger partial charge in [0.25, 0.3) is 0 Å². The van der Waals surface area contributed by atoms with Crippen molar-refractivity contribution in [2.24, 2.45) is 0 Å². The van der Waals surface area contributed by atoms with Crippen molar-refractivity contribution >= 4 is 11.6 Å². The Hall–Kier alpha value is -3.75. The van der Waals surface area contributed by atoms with E-state index >= 15 is 0 Å². The smallest absolute Gasteiger partial charge is 0.226 e. The maximum absolute atomic E-state index is 6.04. The number of anilines is 2. The first-order valence-corrected chi connectivity index (χ1v) is 11.4. The van der Waals surface area contributed by atoms with Crippen molar-refractivity contribution in [2.75, 3.05) is 44.8 Å². The second-order valence-electron chi connectivity index (χ2n) is 8.11. The highest BCUT2D eigenvalue weighted by Gasteiger charge is 2.13. The van der Waals surface area contributed by atoms with Gasteiger partial charge >= 0.3 is 0 Å². The third-order valence-corrected chi connectivity index (χ3v) is 5.54. The van der Waals surface area contributed by atoms with Gasteiger partial charge in [0.05, 0.1) is 19.4 Å². The van der Waals surface area contributed by atoms with Crippen LogP contribution in [0.3, 0.4) is 0 Å². The number of oxazole rings is 1. The van der Waals surface area contributed by atoms with Crippen molar-refractivity contribution in [3.63, 3.8) is 0 Å². The van der Waals surface area contributed by atoms with Crippen LogP contribution in [0.15, 0.2) is 71.4 Å². The van der Waals surface area contributed by atoms with Gasteiger partial charge in [0.2, 0.25) is 5.89 Å². The number of hydrogen-bond acceptors (Lipinski definition) is 8. The van der Waals surface area contributed by atoms with Crippen molar-refractivity contribution < 1.29 is 13.9 Å². The molecule has 1 aliphatic rings. The molecule has 4 heterocycles. The number of nitrogens with one attached hydrogen (secondary N) is 1. The van der Waals surface area contributed by atoms with E-state index in [-0.39, 0.29) is 0 Å². The Morgan fingerprint density at radius 2 is 1.88 bits per heavy atom. The Kier molecular flexibility index (Phi) is 6.78. The van der Waals surface area contributed by atoms with Gasteiger partial charge in [-0.15, -0.1) is 0 Å². The maximum Gasteiger partial charge on any atom is 0.226 e. The Morgan fingerprint density at radius 1 is 1.00 bits per heavy atom. The van der Waals surface area contributed by atoms with Crippen LogP contribution in [-0.4, -0.2) is 59.3 Å². The van der Waals surface area contributed by atoms with Crippen LogP contribution in [-0.2, 0) is 4.74 Å². The number of nitrogens with zero attached hydrogens (tertiary/aromatic N) is 4. The van der Waals surface area contributed by atoms with Gasteiger partial charge in [0.1, 0.15) is 29.7 Å². The van der Waals surface area contributed by atoms with E-state index in [9.17, 15) is 0 Å². The molecule has 1 aliphatic heterocycles. The molecule has 8 heteroatoms. The summed E-state index contributed by atoms with van der Waals surface area (Å²) >= 11 is 0. The quantitative estimate of drug-likeness (QED) is 0.412. The standard InChI is InChI=1S/C26H27N5O3/c1-19-8-9-27-25(16-19)30-24-7-3-6-22(29-24)23-18-28-26(34-23)20-4-2-5-21(17-20)33-15-12-31-10-13-32-14-11-31/h2-9,16-18H,10-15H2,1H3,(H,27,29,30). The van der Waals surface area contributed by atoms with Gasteiger partial charge in [-0.05, 0) is 55.0 Å². The van der Waals surface area contributed by atoms with Gasteiger partial charge < -0.3 is 19.2 Å². The summed E-state index contributed by atoms with van der Waals surface area (Å²) in [6, 6.07) is 17.4. The zero-order chi connectivity index (χ0) is 23.2. The van der Waals surface area contributed by atoms with Gasteiger partial charge in [-0.3, -0.25) is 4.90 Å². The molecule has 0 aliphatic carbocycles. The minimum atomic E-state index is 0.522. The van der Waals surface area contributed by atoms with Crippen LogP contribution in [0.1, 0.15) is 5.56 Å². The average Bonchev–Trinajstić information content (AvgIpc) is 3.36. The first kappa shape index (κ1) is 22.1. The molecule has 4 aromatic rings. The van der Waals surface area contributed by atoms with Gasteiger partial charge in [0, 0.05) is 31.4 Å². The van der Waals surface area contributed by atoms with Crippen LogP contribution < -0.4 is 10.1 Å². The summed E-state index contributed by atoms with van der Waals surface area (Å²) in [5, 5.41) is 3.23. The molecule has 1 saturated heterocycles. The molecule has 0 unspecified atom stereocenters. The average molecular weight is 458 g/mol. The molecular formula is C26H27N5O3. The molecule has 0 atom stereocenters. The normalized spacial score (nSPS) is 14.1. The SMILES string of the molecule is Cc1ccnc(Nc2cccc(-c3cnc(-c4cccc(OCCN5CCOCC5)c4)o3)n2)c1. The van der Waals surface area contributed by atoms with E-state index in [0.29, 0.717) is 29.8 Å².